The van der Waals surface area contributed by atoms with E-state index in [-0.39, 0.29) is 34.7 Å². The van der Waals surface area contributed by atoms with Gasteiger partial charge in [0.15, 0.2) is 5.78 Å². The van der Waals surface area contributed by atoms with E-state index in [0.717, 1.165) is 44.1 Å². The molecule has 4 rings (SSSR count). The van der Waals surface area contributed by atoms with Gasteiger partial charge in [-0.3, -0.25) is 9.59 Å². The Bertz CT molecular complexity index is 756. The number of fused-ring (bicyclic) bond motifs is 5. The number of ether oxygens (including phenoxy) is 1. The molecule has 4 nitrogen and oxygen atoms in total. The van der Waals surface area contributed by atoms with E-state index in [1.165, 1.54) is 20.0 Å². The van der Waals surface area contributed by atoms with Crippen molar-refractivity contribution < 1.29 is 19.4 Å². The van der Waals surface area contributed by atoms with Gasteiger partial charge in [-0.05, 0) is 104 Å². The average molecular weight is 431 g/mol. The molecule has 0 bridgehead atoms. The van der Waals surface area contributed by atoms with E-state index >= 15 is 0 Å². The van der Waals surface area contributed by atoms with Crippen LogP contribution in [0.3, 0.4) is 0 Å². The Kier molecular flexibility index (Phi) is 6.17. The number of hydrogen-bond acceptors (Lipinski definition) is 4. The van der Waals surface area contributed by atoms with Gasteiger partial charge in [0.1, 0.15) is 0 Å². The molecule has 4 aliphatic carbocycles. The number of aliphatic hydroxyl groups excluding tert-OH is 1. The maximum atomic E-state index is 13.9. The molecule has 4 aliphatic rings. The van der Waals surface area contributed by atoms with Crippen LogP contribution in [0, 0.1) is 46.3 Å². The fraction of sp³-hybridized carbons (Fsp3) is 0.852. The summed E-state index contributed by atoms with van der Waals surface area (Å²) in [6.07, 6.45) is 10.4. The summed E-state index contributed by atoms with van der Waals surface area (Å²) in [7, 11) is 1.47. The molecule has 9 atom stereocenters. The Morgan fingerprint density at radius 1 is 1.16 bits per heavy atom. The second-order valence-corrected chi connectivity index (χ2v) is 11.7. The van der Waals surface area contributed by atoms with E-state index in [4.69, 9.17) is 4.74 Å². The van der Waals surface area contributed by atoms with Crippen LogP contribution in [0.25, 0.3) is 0 Å². The number of hydrogen-bond donors (Lipinski definition) is 1. The molecule has 4 heteroatoms. The largest absolute Gasteiger partial charge is 0.469 e. The minimum atomic E-state index is -0.266. The lowest BCUT2D eigenvalue weighted by Gasteiger charge is -2.61. The second kappa shape index (κ2) is 8.32. The molecule has 0 aromatic rings. The van der Waals surface area contributed by atoms with Crippen molar-refractivity contribution in [3.05, 3.63) is 11.6 Å². The van der Waals surface area contributed by atoms with Gasteiger partial charge < -0.3 is 9.84 Å². The Labute approximate surface area is 188 Å². The third-order valence-electron chi connectivity index (χ3n) is 10.5. The van der Waals surface area contributed by atoms with Crippen molar-refractivity contribution in [2.75, 3.05) is 7.11 Å². The molecule has 0 radical (unpaired) electrons. The Morgan fingerprint density at radius 2 is 1.84 bits per heavy atom. The first-order valence-corrected chi connectivity index (χ1v) is 12.6. The molecule has 0 saturated heterocycles. The number of Topliss-reactive ketones (excluding diaryl/α,β-unsaturated/α-hetero) is 1. The molecule has 0 aromatic heterocycles. The first kappa shape index (κ1) is 23.0. The highest BCUT2D eigenvalue weighted by molar-refractivity contribution is 5.99. The first-order chi connectivity index (χ1) is 14.7. The summed E-state index contributed by atoms with van der Waals surface area (Å²) >= 11 is 0. The molecule has 0 heterocycles. The molecule has 4 fully saturated rings. The monoisotopic (exact) mass is 430 g/mol. The number of ketones is 1. The zero-order chi connectivity index (χ0) is 22.6. The number of allylic oxidation sites excluding steroid dienone is 2. The van der Waals surface area contributed by atoms with Gasteiger partial charge in [0, 0.05) is 12.3 Å². The lowest BCUT2D eigenvalue weighted by atomic mass is 9.43. The molecule has 174 valence electrons. The van der Waals surface area contributed by atoms with E-state index in [1.54, 1.807) is 0 Å². The van der Waals surface area contributed by atoms with Crippen LogP contribution in [-0.2, 0) is 14.3 Å². The maximum absolute atomic E-state index is 13.9. The molecule has 1 N–H and O–H groups in total. The number of esters is 1. The summed E-state index contributed by atoms with van der Waals surface area (Å²) in [4.78, 5) is 25.6. The third kappa shape index (κ3) is 3.52. The fourth-order valence-corrected chi connectivity index (χ4v) is 8.81. The smallest absolute Gasteiger partial charge is 0.305 e. The summed E-state index contributed by atoms with van der Waals surface area (Å²) < 4.78 is 4.87. The highest BCUT2D eigenvalue weighted by Gasteiger charge is 2.64. The van der Waals surface area contributed by atoms with Crippen molar-refractivity contribution in [3.63, 3.8) is 0 Å². The van der Waals surface area contributed by atoms with Crippen molar-refractivity contribution in [2.45, 2.75) is 91.6 Å². The van der Waals surface area contributed by atoms with Gasteiger partial charge in [0.2, 0.25) is 0 Å². The van der Waals surface area contributed by atoms with Crippen molar-refractivity contribution in [1.82, 2.24) is 0 Å². The highest BCUT2D eigenvalue weighted by atomic mass is 16.5. The second-order valence-electron chi connectivity index (χ2n) is 11.7. The minimum absolute atomic E-state index is 0.117. The third-order valence-corrected chi connectivity index (χ3v) is 10.5. The topological polar surface area (TPSA) is 63.6 Å². The summed E-state index contributed by atoms with van der Waals surface area (Å²) in [6.45, 7) is 9.18. The molecule has 0 aromatic carbocycles. The van der Waals surface area contributed by atoms with Crippen molar-refractivity contribution >= 4 is 11.8 Å². The van der Waals surface area contributed by atoms with Crippen LogP contribution in [0.4, 0.5) is 0 Å². The predicted molar refractivity (Wildman–Crippen MR) is 121 cm³/mol. The Hall–Kier alpha value is -1.16. The van der Waals surface area contributed by atoms with Crippen molar-refractivity contribution in [2.24, 2.45) is 46.3 Å². The van der Waals surface area contributed by atoms with Gasteiger partial charge in [0.25, 0.3) is 0 Å². The van der Waals surface area contributed by atoms with Gasteiger partial charge in [-0.1, -0.05) is 26.8 Å². The molecule has 0 amide bonds. The van der Waals surface area contributed by atoms with E-state index in [0.29, 0.717) is 35.9 Å². The summed E-state index contributed by atoms with van der Waals surface area (Å²) in [6, 6.07) is 0. The zero-order valence-electron chi connectivity index (χ0n) is 20.2. The molecule has 0 spiro atoms. The Balaban J connectivity index is 1.61. The number of carbonyl (C=O) groups is 2. The van der Waals surface area contributed by atoms with Gasteiger partial charge >= 0.3 is 5.97 Å². The molecular formula is C27H42O4. The lowest BCUT2D eigenvalue weighted by molar-refractivity contribution is -0.150. The van der Waals surface area contributed by atoms with Crippen LogP contribution in [0.1, 0.15) is 85.5 Å². The number of methoxy groups -OCH3 is 1. The van der Waals surface area contributed by atoms with Crippen LogP contribution in [0.15, 0.2) is 11.6 Å². The summed E-state index contributed by atoms with van der Waals surface area (Å²) in [5.74, 6) is 2.57. The van der Waals surface area contributed by atoms with Crippen molar-refractivity contribution in [3.8, 4) is 0 Å². The highest BCUT2D eigenvalue weighted by Crippen LogP contribution is 2.68. The molecule has 0 aliphatic heterocycles. The van der Waals surface area contributed by atoms with Crippen LogP contribution in [0.2, 0.25) is 0 Å². The van der Waals surface area contributed by atoms with Gasteiger partial charge in [-0.15, -0.1) is 0 Å². The van der Waals surface area contributed by atoms with E-state index < -0.39 is 0 Å². The molecule has 31 heavy (non-hydrogen) atoms. The van der Waals surface area contributed by atoms with Crippen LogP contribution >= 0.6 is 0 Å². The van der Waals surface area contributed by atoms with Crippen molar-refractivity contribution in [1.29, 1.82) is 0 Å². The SMILES string of the molecule is CC=C1C(=O)[C@@H]2[C@H](CC[C@]3(C)[C@@H](C(C)CCC(=O)OC)CC[C@@H]23)[C@@]2(C)CC[C@@H](O)C[C@@H]12. The minimum Gasteiger partial charge on any atom is -0.469 e. The standard InChI is InChI=1S/C27H42O4/c1-6-18-22-15-17(28)11-13-27(22,4)21-12-14-26(3)19(16(2)7-10-23(29)31-5)8-9-20(26)24(21)25(18)30/h6,16-17,19-22,24,28H,7-15H2,1-5H3/t16?,17-,19-,20+,21+,22+,24+,26-,27-/m1/s1. The van der Waals surface area contributed by atoms with E-state index in [2.05, 4.69) is 26.8 Å². The quantitative estimate of drug-likeness (QED) is 0.484. The normalized spacial score (nSPS) is 46.8. The maximum Gasteiger partial charge on any atom is 0.305 e. The van der Waals surface area contributed by atoms with Crippen LogP contribution in [-0.4, -0.2) is 30.1 Å². The van der Waals surface area contributed by atoms with Gasteiger partial charge in [0.05, 0.1) is 13.2 Å². The summed E-state index contributed by atoms with van der Waals surface area (Å²) in [5, 5.41) is 10.4. The first-order valence-electron chi connectivity index (χ1n) is 12.6. The van der Waals surface area contributed by atoms with Gasteiger partial charge in [-0.25, -0.2) is 0 Å². The fourth-order valence-electron chi connectivity index (χ4n) is 8.81. The number of carbonyl (C=O) groups excluding carboxylic acids is 2. The van der Waals surface area contributed by atoms with E-state index in [9.17, 15) is 14.7 Å². The van der Waals surface area contributed by atoms with Crippen LogP contribution in [0.5, 0.6) is 0 Å². The molecule has 1 unspecified atom stereocenters. The van der Waals surface area contributed by atoms with E-state index in [1.807, 2.05) is 6.92 Å². The summed E-state index contributed by atoms with van der Waals surface area (Å²) in [5.41, 5.74) is 1.33. The predicted octanol–water partition coefficient (Wildman–Crippen LogP) is 5.33. The van der Waals surface area contributed by atoms with Crippen LogP contribution < -0.4 is 0 Å². The number of aliphatic hydroxyl groups is 1. The Morgan fingerprint density at radius 3 is 2.52 bits per heavy atom. The molecular weight excluding hydrogens is 388 g/mol. The zero-order valence-corrected chi connectivity index (χ0v) is 20.2. The number of rotatable bonds is 4. The lowest BCUT2D eigenvalue weighted by Crippen LogP contribution is -2.58. The molecule has 4 saturated carbocycles. The van der Waals surface area contributed by atoms with Gasteiger partial charge in [-0.2, -0.15) is 0 Å². The average Bonchev–Trinajstić information content (AvgIpc) is 3.10.